The standard InChI is InChI=1S/C27H30O3/c1-19(27(28)29)10-11-20-12-15-26(30-18-21-6-2-3-7-21)25(16-20)24-14-13-22-8-4-5-9-23(22)17-24/h4-5,8-9,12-17,19,21H,2-3,6-7,10-11,18H2,1H3,(H,28,29). The second-order valence-corrected chi connectivity index (χ2v) is 8.63. The second kappa shape index (κ2) is 9.34. The summed E-state index contributed by atoms with van der Waals surface area (Å²) in [6.45, 7) is 2.54. The van der Waals surface area contributed by atoms with Crippen molar-refractivity contribution in [2.45, 2.75) is 45.4 Å². The molecule has 1 N–H and O–H groups in total. The quantitative estimate of drug-likeness (QED) is 0.454. The molecule has 3 aromatic rings. The van der Waals surface area contributed by atoms with E-state index >= 15 is 0 Å². The van der Waals surface area contributed by atoms with Gasteiger partial charge in [-0.2, -0.15) is 0 Å². The number of carboxylic acids is 1. The highest BCUT2D eigenvalue weighted by atomic mass is 16.5. The van der Waals surface area contributed by atoms with E-state index in [4.69, 9.17) is 4.74 Å². The van der Waals surface area contributed by atoms with E-state index in [1.54, 1.807) is 6.92 Å². The molecule has 0 aromatic heterocycles. The minimum Gasteiger partial charge on any atom is -0.493 e. The number of carbonyl (C=O) groups is 1. The third-order valence-electron chi connectivity index (χ3n) is 6.34. The van der Waals surface area contributed by atoms with Crippen molar-refractivity contribution in [3.05, 3.63) is 66.2 Å². The third kappa shape index (κ3) is 4.84. The average molecular weight is 403 g/mol. The van der Waals surface area contributed by atoms with Gasteiger partial charge in [0.2, 0.25) is 0 Å². The fourth-order valence-electron chi connectivity index (χ4n) is 4.33. The number of ether oxygens (including phenoxy) is 1. The van der Waals surface area contributed by atoms with Crippen LogP contribution in [0.3, 0.4) is 0 Å². The highest BCUT2D eigenvalue weighted by Crippen LogP contribution is 2.35. The van der Waals surface area contributed by atoms with Gasteiger partial charge in [-0.25, -0.2) is 0 Å². The third-order valence-corrected chi connectivity index (χ3v) is 6.34. The number of carboxylic acid groups (broad SMARTS) is 1. The van der Waals surface area contributed by atoms with E-state index in [0.717, 1.165) is 35.5 Å². The Balaban J connectivity index is 1.63. The molecule has 1 unspecified atom stereocenters. The lowest BCUT2D eigenvalue weighted by atomic mass is 9.95. The van der Waals surface area contributed by atoms with Crippen molar-refractivity contribution >= 4 is 16.7 Å². The topological polar surface area (TPSA) is 46.5 Å². The number of fused-ring (bicyclic) bond motifs is 1. The lowest BCUT2D eigenvalue weighted by Gasteiger charge is -2.17. The molecule has 1 atom stereocenters. The van der Waals surface area contributed by atoms with Gasteiger partial charge in [-0.15, -0.1) is 0 Å². The largest absolute Gasteiger partial charge is 0.493 e. The SMILES string of the molecule is CC(CCc1ccc(OCC2CCCC2)c(-c2ccc3ccccc3c2)c1)C(=O)O. The van der Waals surface area contributed by atoms with E-state index in [-0.39, 0.29) is 5.92 Å². The number of aryl methyl sites for hydroxylation is 1. The van der Waals surface area contributed by atoms with Crippen molar-refractivity contribution < 1.29 is 14.6 Å². The number of hydrogen-bond donors (Lipinski definition) is 1. The van der Waals surface area contributed by atoms with Crippen molar-refractivity contribution in [1.29, 1.82) is 0 Å². The number of hydrogen-bond acceptors (Lipinski definition) is 2. The van der Waals surface area contributed by atoms with E-state index in [0.29, 0.717) is 12.3 Å². The average Bonchev–Trinajstić information content (AvgIpc) is 3.29. The van der Waals surface area contributed by atoms with Crippen molar-refractivity contribution in [1.82, 2.24) is 0 Å². The van der Waals surface area contributed by atoms with E-state index in [1.165, 1.54) is 36.5 Å². The number of rotatable bonds is 8. The molecule has 3 heteroatoms. The van der Waals surface area contributed by atoms with Gasteiger partial charge in [0.25, 0.3) is 0 Å². The highest BCUT2D eigenvalue weighted by molar-refractivity contribution is 5.88. The van der Waals surface area contributed by atoms with Crippen LogP contribution < -0.4 is 4.74 Å². The van der Waals surface area contributed by atoms with Gasteiger partial charge in [-0.1, -0.05) is 62.2 Å². The Labute approximate surface area is 178 Å². The maximum absolute atomic E-state index is 11.2. The van der Waals surface area contributed by atoms with E-state index in [2.05, 4.69) is 60.7 Å². The minimum absolute atomic E-state index is 0.340. The molecule has 1 fully saturated rings. The van der Waals surface area contributed by atoms with Crippen LogP contribution in [-0.4, -0.2) is 17.7 Å². The molecule has 0 radical (unpaired) electrons. The monoisotopic (exact) mass is 402 g/mol. The van der Waals surface area contributed by atoms with Gasteiger partial charge < -0.3 is 9.84 Å². The number of benzene rings is 3. The molecule has 0 saturated heterocycles. The van der Waals surface area contributed by atoms with Gasteiger partial charge in [0.15, 0.2) is 0 Å². The van der Waals surface area contributed by atoms with Crippen LogP contribution >= 0.6 is 0 Å². The Morgan fingerprint density at radius 1 is 1.03 bits per heavy atom. The fourth-order valence-corrected chi connectivity index (χ4v) is 4.33. The summed E-state index contributed by atoms with van der Waals surface area (Å²) in [4.78, 5) is 11.2. The molecule has 3 nitrogen and oxygen atoms in total. The molecule has 1 saturated carbocycles. The van der Waals surface area contributed by atoms with Crippen molar-refractivity contribution in [2.24, 2.45) is 11.8 Å². The molecule has 0 aliphatic heterocycles. The summed E-state index contributed by atoms with van der Waals surface area (Å²) >= 11 is 0. The Bertz CT molecular complexity index is 1020. The molecule has 30 heavy (non-hydrogen) atoms. The van der Waals surface area contributed by atoms with Crippen molar-refractivity contribution in [3.63, 3.8) is 0 Å². The first kappa shape index (κ1) is 20.5. The maximum atomic E-state index is 11.2. The summed E-state index contributed by atoms with van der Waals surface area (Å²) in [7, 11) is 0. The molecule has 0 spiro atoms. The van der Waals surface area contributed by atoms with Crippen LogP contribution in [0.25, 0.3) is 21.9 Å². The molecule has 1 aliphatic carbocycles. The van der Waals surface area contributed by atoms with E-state index in [1.807, 2.05) is 0 Å². The molecule has 3 aromatic carbocycles. The minimum atomic E-state index is -0.735. The van der Waals surface area contributed by atoms with E-state index in [9.17, 15) is 9.90 Å². The van der Waals surface area contributed by atoms with Crippen LogP contribution in [0.2, 0.25) is 0 Å². The summed E-state index contributed by atoms with van der Waals surface area (Å²) < 4.78 is 6.31. The zero-order chi connectivity index (χ0) is 20.9. The fraction of sp³-hybridized carbons (Fsp3) is 0.370. The summed E-state index contributed by atoms with van der Waals surface area (Å²) in [5.41, 5.74) is 3.39. The number of aliphatic carboxylic acids is 1. The lowest BCUT2D eigenvalue weighted by molar-refractivity contribution is -0.141. The van der Waals surface area contributed by atoms with Crippen LogP contribution in [-0.2, 0) is 11.2 Å². The Morgan fingerprint density at radius 3 is 2.57 bits per heavy atom. The highest BCUT2D eigenvalue weighted by Gasteiger charge is 2.17. The summed E-state index contributed by atoms with van der Waals surface area (Å²) in [6.07, 6.45) is 6.52. The van der Waals surface area contributed by atoms with Crippen molar-refractivity contribution in [2.75, 3.05) is 6.61 Å². The lowest BCUT2D eigenvalue weighted by Crippen LogP contribution is -2.10. The second-order valence-electron chi connectivity index (χ2n) is 8.63. The Kier molecular flexibility index (Phi) is 6.37. The van der Waals surface area contributed by atoms with Gasteiger partial charge in [0.1, 0.15) is 5.75 Å². The molecular formula is C27H30O3. The maximum Gasteiger partial charge on any atom is 0.306 e. The van der Waals surface area contributed by atoms with Crippen LogP contribution in [0.4, 0.5) is 0 Å². The smallest absolute Gasteiger partial charge is 0.306 e. The van der Waals surface area contributed by atoms with Gasteiger partial charge >= 0.3 is 5.97 Å². The van der Waals surface area contributed by atoms with Crippen LogP contribution in [0, 0.1) is 11.8 Å². The summed E-state index contributed by atoms with van der Waals surface area (Å²) in [5, 5.41) is 11.6. The molecule has 4 rings (SSSR count). The first-order valence-electron chi connectivity index (χ1n) is 11.1. The van der Waals surface area contributed by atoms with Crippen LogP contribution in [0.1, 0.15) is 44.6 Å². The predicted octanol–water partition coefficient (Wildman–Crippen LogP) is 6.73. The molecule has 1 aliphatic rings. The van der Waals surface area contributed by atoms with Gasteiger partial charge in [-0.3, -0.25) is 4.79 Å². The normalized spacial score (nSPS) is 15.4. The predicted molar refractivity (Wildman–Crippen MR) is 122 cm³/mol. The molecule has 0 bridgehead atoms. The first-order valence-corrected chi connectivity index (χ1v) is 11.1. The molecule has 0 amide bonds. The molecular weight excluding hydrogens is 372 g/mol. The summed E-state index contributed by atoms with van der Waals surface area (Å²) in [5.74, 6) is 0.506. The zero-order valence-corrected chi connectivity index (χ0v) is 17.6. The van der Waals surface area contributed by atoms with Gasteiger partial charge in [-0.05, 0) is 71.7 Å². The molecule has 0 heterocycles. The van der Waals surface area contributed by atoms with E-state index < -0.39 is 5.97 Å². The zero-order valence-electron chi connectivity index (χ0n) is 17.6. The Morgan fingerprint density at radius 2 is 1.80 bits per heavy atom. The summed E-state index contributed by atoms with van der Waals surface area (Å²) in [6, 6.07) is 21.3. The Hall–Kier alpha value is -2.81. The van der Waals surface area contributed by atoms with Gasteiger partial charge in [0, 0.05) is 5.56 Å². The molecule has 156 valence electrons. The van der Waals surface area contributed by atoms with Gasteiger partial charge in [0.05, 0.1) is 12.5 Å². The van der Waals surface area contributed by atoms with Crippen LogP contribution in [0.5, 0.6) is 5.75 Å². The van der Waals surface area contributed by atoms with Crippen molar-refractivity contribution in [3.8, 4) is 16.9 Å². The first-order chi connectivity index (χ1) is 14.6. The van der Waals surface area contributed by atoms with Crippen LogP contribution in [0.15, 0.2) is 60.7 Å².